The number of aliphatic hydroxyl groups excluding tert-OH is 1. The molecule has 102 valence electrons. The molecule has 0 aliphatic heterocycles. The van der Waals surface area contributed by atoms with Gasteiger partial charge in [0.25, 0.3) is 0 Å². The van der Waals surface area contributed by atoms with Crippen LogP contribution in [0.2, 0.25) is 0 Å². The first-order valence-electron chi connectivity index (χ1n) is 6.49. The van der Waals surface area contributed by atoms with Gasteiger partial charge in [0.05, 0.1) is 12.6 Å². The summed E-state index contributed by atoms with van der Waals surface area (Å²) in [5.41, 5.74) is -0.494. The molecule has 0 saturated carbocycles. The number of unbranched alkanes of at least 4 members (excludes halogenated alkanes) is 3. The van der Waals surface area contributed by atoms with Crippen LogP contribution in [0.1, 0.15) is 59.8 Å². The highest BCUT2D eigenvalue weighted by Crippen LogP contribution is 2.09. The zero-order valence-corrected chi connectivity index (χ0v) is 11.6. The van der Waals surface area contributed by atoms with Crippen LogP contribution >= 0.6 is 0 Å². The third-order valence-corrected chi connectivity index (χ3v) is 2.35. The topological polar surface area (TPSA) is 58.6 Å². The Hall–Kier alpha value is -0.770. The summed E-state index contributed by atoms with van der Waals surface area (Å²) in [7, 11) is 0. The molecule has 0 saturated heterocycles. The van der Waals surface area contributed by atoms with Gasteiger partial charge in [0, 0.05) is 0 Å². The number of carbonyl (C=O) groups excluding carboxylic acids is 1. The van der Waals surface area contributed by atoms with Gasteiger partial charge in [-0.3, -0.25) is 0 Å². The molecule has 0 heterocycles. The minimum atomic E-state index is -0.494. The Morgan fingerprint density at radius 1 is 1.29 bits per heavy atom. The molecule has 17 heavy (non-hydrogen) atoms. The van der Waals surface area contributed by atoms with E-state index in [9.17, 15) is 4.79 Å². The van der Waals surface area contributed by atoms with Crippen molar-refractivity contribution in [1.29, 1.82) is 0 Å². The second-order valence-corrected chi connectivity index (χ2v) is 5.38. The molecule has 0 aromatic carbocycles. The van der Waals surface area contributed by atoms with Crippen LogP contribution in [0.15, 0.2) is 0 Å². The maximum Gasteiger partial charge on any atom is 0.407 e. The van der Waals surface area contributed by atoms with Crippen LogP contribution in [-0.2, 0) is 4.74 Å². The number of aliphatic hydroxyl groups is 1. The van der Waals surface area contributed by atoms with Crippen molar-refractivity contribution < 1.29 is 14.6 Å². The lowest BCUT2D eigenvalue weighted by atomic mass is 10.1. The second-order valence-electron chi connectivity index (χ2n) is 5.38. The highest BCUT2D eigenvalue weighted by Gasteiger charge is 2.18. The fraction of sp³-hybridized carbons (Fsp3) is 0.923. The molecule has 2 N–H and O–H groups in total. The molecule has 0 unspecified atom stereocenters. The van der Waals surface area contributed by atoms with Crippen molar-refractivity contribution in [1.82, 2.24) is 5.32 Å². The number of carbonyl (C=O) groups is 1. The van der Waals surface area contributed by atoms with Gasteiger partial charge >= 0.3 is 6.09 Å². The number of alkyl carbamates (subject to hydrolysis) is 1. The third kappa shape index (κ3) is 10.1. The predicted molar refractivity (Wildman–Crippen MR) is 69.0 cm³/mol. The van der Waals surface area contributed by atoms with Gasteiger partial charge in [0.1, 0.15) is 5.60 Å². The summed E-state index contributed by atoms with van der Waals surface area (Å²) in [6, 6.07) is -0.193. The molecule has 0 aromatic rings. The Morgan fingerprint density at radius 3 is 2.41 bits per heavy atom. The zero-order valence-electron chi connectivity index (χ0n) is 11.6. The van der Waals surface area contributed by atoms with Gasteiger partial charge in [-0.25, -0.2) is 4.79 Å². The molecule has 1 atom stereocenters. The number of hydrogen-bond donors (Lipinski definition) is 2. The van der Waals surface area contributed by atoms with Gasteiger partial charge in [-0.1, -0.05) is 32.6 Å². The predicted octanol–water partition coefficient (Wildman–Crippen LogP) is 2.84. The van der Waals surface area contributed by atoms with Crippen LogP contribution in [0.3, 0.4) is 0 Å². The molecule has 0 bridgehead atoms. The molecule has 0 fully saturated rings. The van der Waals surface area contributed by atoms with Crippen molar-refractivity contribution in [2.45, 2.75) is 71.4 Å². The van der Waals surface area contributed by atoms with Crippen molar-refractivity contribution >= 4 is 6.09 Å². The van der Waals surface area contributed by atoms with Gasteiger partial charge in [0.2, 0.25) is 0 Å². The van der Waals surface area contributed by atoms with Gasteiger partial charge in [-0.15, -0.1) is 0 Å². The molecule has 0 aliphatic rings. The molecular weight excluding hydrogens is 218 g/mol. The summed E-state index contributed by atoms with van der Waals surface area (Å²) in [5, 5.41) is 11.8. The maximum atomic E-state index is 11.5. The summed E-state index contributed by atoms with van der Waals surface area (Å²) in [6.45, 7) is 7.58. The van der Waals surface area contributed by atoms with Crippen molar-refractivity contribution in [3.05, 3.63) is 0 Å². The van der Waals surface area contributed by atoms with Crippen molar-refractivity contribution in [3.8, 4) is 0 Å². The molecule has 0 spiro atoms. The lowest BCUT2D eigenvalue weighted by Crippen LogP contribution is -2.41. The van der Waals surface area contributed by atoms with E-state index in [4.69, 9.17) is 9.84 Å². The molecule has 4 heteroatoms. The first-order chi connectivity index (χ1) is 7.89. The number of rotatable bonds is 7. The Morgan fingerprint density at radius 2 is 1.94 bits per heavy atom. The van der Waals surface area contributed by atoms with Gasteiger partial charge in [0.15, 0.2) is 0 Å². The van der Waals surface area contributed by atoms with Gasteiger partial charge < -0.3 is 15.2 Å². The molecular formula is C13H27NO3. The minimum absolute atomic E-state index is 0.0363. The first kappa shape index (κ1) is 16.2. The first-order valence-corrected chi connectivity index (χ1v) is 6.49. The van der Waals surface area contributed by atoms with E-state index in [1.54, 1.807) is 0 Å². The fourth-order valence-corrected chi connectivity index (χ4v) is 1.50. The highest BCUT2D eigenvalue weighted by molar-refractivity contribution is 5.68. The van der Waals surface area contributed by atoms with Gasteiger partial charge in [-0.05, 0) is 27.2 Å². The van der Waals surface area contributed by atoms with Crippen LogP contribution in [0.5, 0.6) is 0 Å². The second kappa shape index (κ2) is 8.34. The van der Waals surface area contributed by atoms with E-state index < -0.39 is 11.7 Å². The van der Waals surface area contributed by atoms with E-state index in [0.29, 0.717) is 0 Å². The van der Waals surface area contributed by atoms with E-state index >= 15 is 0 Å². The zero-order chi connectivity index (χ0) is 13.3. The van der Waals surface area contributed by atoms with Crippen LogP contribution in [-0.4, -0.2) is 29.4 Å². The minimum Gasteiger partial charge on any atom is -0.444 e. The van der Waals surface area contributed by atoms with E-state index in [0.717, 1.165) is 19.3 Å². The molecule has 0 radical (unpaired) electrons. The normalized spacial score (nSPS) is 13.2. The van der Waals surface area contributed by atoms with E-state index in [2.05, 4.69) is 12.2 Å². The van der Waals surface area contributed by atoms with E-state index in [1.807, 2.05) is 20.8 Å². The number of nitrogens with one attached hydrogen (secondary N) is 1. The number of ether oxygens (including phenoxy) is 1. The van der Waals surface area contributed by atoms with E-state index in [1.165, 1.54) is 12.8 Å². The van der Waals surface area contributed by atoms with Crippen LogP contribution in [0.4, 0.5) is 4.79 Å². The lowest BCUT2D eigenvalue weighted by molar-refractivity contribution is 0.0478. The SMILES string of the molecule is CCCCCC[C@@H](CO)NC(=O)OC(C)(C)C. The fourth-order valence-electron chi connectivity index (χ4n) is 1.50. The monoisotopic (exact) mass is 245 g/mol. The van der Waals surface area contributed by atoms with Crippen LogP contribution in [0, 0.1) is 0 Å². The summed E-state index contributed by atoms with van der Waals surface area (Å²) < 4.78 is 5.14. The van der Waals surface area contributed by atoms with Crippen molar-refractivity contribution in [2.75, 3.05) is 6.61 Å². The summed E-state index contributed by atoms with van der Waals surface area (Å²) in [6.07, 6.45) is 4.90. The van der Waals surface area contributed by atoms with Gasteiger partial charge in [-0.2, -0.15) is 0 Å². The molecule has 0 aliphatic carbocycles. The standard InChI is InChI=1S/C13H27NO3/c1-5-6-7-8-9-11(10-15)14-12(16)17-13(2,3)4/h11,15H,5-10H2,1-4H3,(H,14,16)/t11-/m0/s1. The van der Waals surface area contributed by atoms with Crippen LogP contribution in [0.25, 0.3) is 0 Å². The Bertz CT molecular complexity index is 211. The highest BCUT2D eigenvalue weighted by atomic mass is 16.6. The summed E-state index contributed by atoms with van der Waals surface area (Å²) in [4.78, 5) is 11.5. The average Bonchev–Trinajstić information content (AvgIpc) is 2.20. The molecule has 0 rings (SSSR count). The van der Waals surface area contributed by atoms with E-state index in [-0.39, 0.29) is 12.6 Å². The Labute approximate surface area is 105 Å². The largest absolute Gasteiger partial charge is 0.444 e. The smallest absolute Gasteiger partial charge is 0.407 e. The summed E-state index contributed by atoms with van der Waals surface area (Å²) >= 11 is 0. The average molecular weight is 245 g/mol. The molecule has 0 aromatic heterocycles. The Kier molecular flexibility index (Phi) is 7.96. The Balaban J connectivity index is 3.83. The molecule has 4 nitrogen and oxygen atoms in total. The number of hydrogen-bond acceptors (Lipinski definition) is 3. The summed E-state index contributed by atoms with van der Waals surface area (Å²) in [5.74, 6) is 0. The molecule has 1 amide bonds. The maximum absolute atomic E-state index is 11.5. The lowest BCUT2D eigenvalue weighted by Gasteiger charge is -2.22. The third-order valence-electron chi connectivity index (χ3n) is 2.35. The van der Waals surface area contributed by atoms with Crippen LogP contribution < -0.4 is 5.32 Å². The van der Waals surface area contributed by atoms with Crippen molar-refractivity contribution in [2.24, 2.45) is 0 Å². The quantitative estimate of drug-likeness (QED) is 0.678. The number of amides is 1. The van der Waals surface area contributed by atoms with Crippen molar-refractivity contribution in [3.63, 3.8) is 0 Å².